The molecule has 2 aliphatic heterocycles. The lowest BCUT2D eigenvalue weighted by molar-refractivity contribution is -0.142. The molecule has 140 valence electrons. The Morgan fingerprint density at radius 3 is 2.50 bits per heavy atom. The van der Waals surface area contributed by atoms with Crippen molar-refractivity contribution in [3.05, 3.63) is 35.9 Å². The highest BCUT2D eigenvalue weighted by molar-refractivity contribution is 5.85. The molecule has 1 aromatic rings. The van der Waals surface area contributed by atoms with Crippen LogP contribution in [0.3, 0.4) is 0 Å². The predicted molar refractivity (Wildman–Crippen MR) is 98.8 cm³/mol. The minimum atomic E-state index is -0.201. The van der Waals surface area contributed by atoms with Gasteiger partial charge in [0.2, 0.25) is 5.91 Å². The van der Waals surface area contributed by atoms with Crippen LogP contribution in [-0.4, -0.2) is 54.1 Å². The van der Waals surface area contributed by atoms with Crippen molar-refractivity contribution in [2.75, 3.05) is 26.2 Å². The van der Waals surface area contributed by atoms with E-state index in [1.54, 1.807) is 0 Å². The number of nitrogens with zero attached hydrogens (tertiary/aromatic N) is 2. The van der Waals surface area contributed by atoms with Crippen LogP contribution in [0.15, 0.2) is 30.3 Å². The van der Waals surface area contributed by atoms with E-state index < -0.39 is 0 Å². The van der Waals surface area contributed by atoms with E-state index in [0.717, 1.165) is 57.3 Å². The summed E-state index contributed by atoms with van der Waals surface area (Å²) in [6, 6.07) is 10.7. The van der Waals surface area contributed by atoms with E-state index in [-0.39, 0.29) is 17.4 Å². The Morgan fingerprint density at radius 2 is 1.88 bits per heavy atom. The number of rotatable bonds is 3. The molecule has 0 unspecified atom stereocenters. The molecule has 5 heteroatoms. The van der Waals surface area contributed by atoms with Crippen LogP contribution in [-0.2, 0) is 9.53 Å². The first-order chi connectivity index (χ1) is 12.6. The van der Waals surface area contributed by atoms with Crippen molar-refractivity contribution < 1.29 is 14.3 Å². The van der Waals surface area contributed by atoms with Crippen LogP contribution < -0.4 is 0 Å². The monoisotopic (exact) mass is 356 g/mol. The quantitative estimate of drug-likeness (QED) is 0.834. The molecule has 2 saturated heterocycles. The van der Waals surface area contributed by atoms with Crippen molar-refractivity contribution in [3.63, 3.8) is 0 Å². The number of hydrogen-bond donors (Lipinski definition) is 0. The van der Waals surface area contributed by atoms with E-state index in [2.05, 4.69) is 17.0 Å². The zero-order valence-electron chi connectivity index (χ0n) is 15.5. The van der Waals surface area contributed by atoms with Crippen molar-refractivity contribution >= 4 is 12.0 Å². The molecule has 2 heterocycles. The molecule has 2 amide bonds. The van der Waals surface area contributed by atoms with Crippen molar-refractivity contribution in [2.24, 2.45) is 5.41 Å². The van der Waals surface area contributed by atoms with Crippen LogP contribution >= 0.6 is 0 Å². The van der Waals surface area contributed by atoms with Crippen LogP contribution in [0.2, 0.25) is 0 Å². The fourth-order valence-corrected chi connectivity index (χ4v) is 4.61. The molecule has 1 aliphatic carbocycles. The fraction of sp³-hybridized carbons (Fsp3) is 0.619. The molecule has 26 heavy (non-hydrogen) atoms. The molecule has 0 bridgehead atoms. The highest BCUT2D eigenvalue weighted by Gasteiger charge is 2.49. The third kappa shape index (κ3) is 3.31. The van der Waals surface area contributed by atoms with Gasteiger partial charge in [-0.15, -0.1) is 0 Å². The maximum absolute atomic E-state index is 13.1. The Balaban J connectivity index is 1.53. The number of hydrogen-bond acceptors (Lipinski definition) is 3. The lowest BCUT2D eigenvalue weighted by atomic mass is 9.67. The number of carbonyl (C=O) groups is 2. The topological polar surface area (TPSA) is 49.9 Å². The minimum Gasteiger partial charge on any atom is -0.450 e. The van der Waals surface area contributed by atoms with Gasteiger partial charge in [-0.2, -0.15) is 0 Å². The van der Waals surface area contributed by atoms with Gasteiger partial charge in [0.05, 0.1) is 12.5 Å². The third-order valence-electron chi connectivity index (χ3n) is 6.26. The van der Waals surface area contributed by atoms with Crippen molar-refractivity contribution in [1.82, 2.24) is 9.80 Å². The van der Waals surface area contributed by atoms with Gasteiger partial charge in [0.25, 0.3) is 0 Å². The van der Waals surface area contributed by atoms with E-state index in [0.29, 0.717) is 18.6 Å². The van der Waals surface area contributed by atoms with Gasteiger partial charge in [-0.1, -0.05) is 30.3 Å². The lowest BCUT2D eigenvalue weighted by Gasteiger charge is -2.50. The van der Waals surface area contributed by atoms with Crippen LogP contribution in [0.25, 0.3) is 0 Å². The second-order valence-electron chi connectivity index (χ2n) is 8.05. The Labute approximate surface area is 155 Å². The van der Waals surface area contributed by atoms with Gasteiger partial charge in [-0.25, -0.2) is 4.79 Å². The third-order valence-corrected chi connectivity index (χ3v) is 6.26. The van der Waals surface area contributed by atoms with Crippen molar-refractivity contribution in [3.8, 4) is 0 Å². The van der Waals surface area contributed by atoms with Crippen LogP contribution in [0.5, 0.6) is 0 Å². The summed E-state index contributed by atoms with van der Waals surface area (Å²) in [7, 11) is 0. The van der Waals surface area contributed by atoms with Crippen molar-refractivity contribution in [2.45, 2.75) is 51.0 Å². The summed E-state index contributed by atoms with van der Waals surface area (Å²) in [4.78, 5) is 29.1. The van der Waals surface area contributed by atoms with Crippen LogP contribution in [0.1, 0.15) is 50.5 Å². The fourth-order valence-electron chi connectivity index (χ4n) is 4.61. The normalized spacial score (nSPS) is 25.4. The summed E-state index contributed by atoms with van der Waals surface area (Å²) < 4.78 is 5.16. The Hall–Kier alpha value is -2.04. The summed E-state index contributed by atoms with van der Waals surface area (Å²) in [5.41, 5.74) is 1.26. The second kappa shape index (κ2) is 6.93. The highest BCUT2D eigenvalue weighted by atomic mass is 16.6. The molecule has 4 rings (SSSR count). The maximum Gasteiger partial charge on any atom is 0.409 e. The largest absolute Gasteiger partial charge is 0.450 e. The standard InChI is InChI=1S/C21H28N2O3/c1-2-26-20(25)22-12-10-21(11-13-22)14-18(16-6-4-3-5-7-16)19(24)23(15-21)17-8-9-17/h3-7,17-18H,2,8-15H2,1H3/t18-/m0/s1. The zero-order chi connectivity index (χ0) is 18.1. The van der Waals surface area contributed by atoms with E-state index >= 15 is 0 Å². The van der Waals surface area contributed by atoms with Gasteiger partial charge in [0.15, 0.2) is 0 Å². The van der Waals surface area contributed by atoms with Crippen LogP contribution in [0, 0.1) is 5.41 Å². The molecule has 5 nitrogen and oxygen atoms in total. The smallest absolute Gasteiger partial charge is 0.409 e. The number of carbonyl (C=O) groups excluding carboxylic acids is 2. The molecule has 3 fully saturated rings. The first-order valence-electron chi connectivity index (χ1n) is 9.89. The summed E-state index contributed by atoms with van der Waals surface area (Å²) in [6.07, 6.45) is 4.87. The summed E-state index contributed by atoms with van der Waals surface area (Å²) >= 11 is 0. The van der Waals surface area contributed by atoms with Gasteiger partial charge < -0.3 is 14.5 Å². The second-order valence-corrected chi connectivity index (χ2v) is 8.05. The van der Waals surface area contributed by atoms with Crippen LogP contribution in [0.4, 0.5) is 4.79 Å². The lowest BCUT2D eigenvalue weighted by Crippen LogP contribution is -2.55. The van der Waals surface area contributed by atoms with Crippen molar-refractivity contribution in [1.29, 1.82) is 0 Å². The average molecular weight is 356 g/mol. The number of amides is 2. The molecule has 0 N–H and O–H groups in total. The molecule has 1 aromatic carbocycles. The average Bonchev–Trinajstić information content (AvgIpc) is 3.50. The predicted octanol–water partition coefficient (Wildman–Crippen LogP) is 3.40. The van der Waals surface area contributed by atoms with E-state index in [4.69, 9.17) is 4.74 Å². The van der Waals surface area contributed by atoms with Gasteiger partial charge >= 0.3 is 6.09 Å². The Morgan fingerprint density at radius 1 is 1.19 bits per heavy atom. The highest BCUT2D eigenvalue weighted by Crippen LogP contribution is 2.48. The summed E-state index contributed by atoms with van der Waals surface area (Å²) in [6.45, 7) is 4.57. The van der Waals surface area contributed by atoms with E-state index in [1.165, 1.54) is 0 Å². The first-order valence-corrected chi connectivity index (χ1v) is 9.89. The number of piperidine rings is 2. The Kier molecular flexibility index (Phi) is 4.63. The van der Waals surface area contributed by atoms with E-state index in [1.807, 2.05) is 30.0 Å². The minimum absolute atomic E-state index is 0.0420. The molecule has 0 aromatic heterocycles. The molecule has 3 aliphatic rings. The molecular weight excluding hydrogens is 328 g/mol. The molecule has 1 spiro atoms. The van der Waals surface area contributed by atoms with Gasteiger partial charge in [-0.3, -0.25) is 4.79 Å². The number of ether oxygens (including phenoxy) is 1. The SMILES string of the molecule is CCOC(=O)N1CCC2(CC1)C[C@@H](c1ccccc1)C(=O)N(C1CC1)C2. The number of benzene rings is 1. The van der Waals surface area contributed by atoms with Gasteiger partial charge in [0.1, 0.15) is 0 Å². The zero-order valence-corrected chi connectivity index (χ0v) is 15.5. The Bertz CT molecular complexity index is 663. The first kappa shape index (κ1) is 17.4. The molecule has 1 atom stereocenters. The summed E-state index contributed by atoms with van der Waals surface area (Å²) in [5, 5.41) is 0. The summed E-state index contributed by atoms with van der Waals surface area (Å²) in [5.74, 6) is 0.261. The molecule has 0 radical (unpaired) electrons. The van der Waals surface area contributed by atoms with Gasteiger partial charge in [0, 0.05) is 25.7 Å². The van der Waals surface area contributed by atoms with Gasteiger partial charge in [-0.05, 0) is 50.0 Å². The number of likely N-dealkylation sites (tertiary alicyclic amines) is 2. The molecular formula is C21H28N2O3. The van der Waals surface area contributed by atoms with E-state index in [9.17, 15) is 9.59 Å². The molecule has 1 saturated carbocycles. The maximum atomic E-state index is 13.1.